The molecule has 1 aromatic rings. The first-order valence-electron chi connectivity index (χ1n) is 13.0. The molecular weight excluding hydrogens is 428 g/mol. The summed E-state index contributed by atoms with van der Waals surface area (Å²) in [5.41, 5.74) is -0.100. The molecule has 0 spiro atoms. The van der Waals surface area contributed by atoms with Gasteiger partial charge in [-0.15, -0.1) is 0 Å². The fourth-order valence-corrected chi connectivity index (χ4v) is 5.88. The molecule has 0 radical (unpaired) electrons. The number of carbonyl (C=O) groups is 2. The molecule has 2 N–H and O–H groups in total. The van der Waals surface area contributed by atoms with Crippen molar-refractivity contribution in [1.82, 2.24) is 15.5 Å². The summed E-state index contributed by atoms with van der Waals surface area (Å²) < 4.78 is 6.02. The maximum Gasteiger partial charge on any atom is 0.408 e. The molecule has 1 aliphatic heterocycles. The first kappa shape index (κ1) is 24.5. The summed E-state index contributed by atoms with van der Waals surface area (Å²) in [6.45, 7) is 2.69. The quantitative estimate of drug-likeness (QED) is 0.630. The van der Waals surface area contributed by atoms with E-state index in [1.54, 1.807) is 0 Å². The van der Waals surface area contributed by atoms with Crippen LogP contribution in [0.25, 0.3) is 0 Å². The second kappa shape index (κ2) is 11.7. The summed E-state index contributed by atoms with van der Waals surface area (Å²) in [5.74, 6) is 0.381. The molecule has 2 aliphatic carbocycles. The van der Waals surface area contributed by atoms with Crippen LogP contribution in [0, 0.1) is 23.2 Å². The highest BCUT2D eigenvalue weighted by Crippen LogP contribution is 2.36. The lowest BCUT2D eigenvalue weighted by Crippen LogP contribution is -2.58. The summed E-state index contributed by atoms with van der Waals surface area (Å²) in [5, 5.41) is 15.7. The zero-order chi connectivity index (χ0) is 23.8. The average Bonchev–Trinajstić information content (AvgIpc) is 3.42. The third-order valence-electron chi connectivity index (χ3n) is 7.77. The van der Waals surface area contributed by atoms with Crippen LogP contribution in [0.5, 0.6) is 0 Å². The van der Waals surface area contributed by atoms with Gasteiger partial charge in [0.1, 0.15) is 0 Å². The molecule has 1 saturated heterocycles. The van der Waals surface area contributed by atoms with E-state index in [1.807, 2.05) is 35.2 Å². The molecule has 3 atom stereocenters. The number of ether oxygens (including phenoxy) is 1. The van der Waals surface area contributed by atoms with Crippen molar-refractivity contribution in [2.45, 2.75) is 82.4 Å². The van der Waals surface area contributed by atoms with Crippen LogP contribution in [-0.2, 0) is 16.1 Å². The summed E-state index contributed by atoms with van der Waals surface area (Å²) in [4.78, 5) is 29.0. The minimum atomic E-state index is -1.09. The molecule has 34 heavy (non-hydrogen) atoms. The molecule has 0 bridgehead atoms. The zero-order valence-electron chi connectivity index (χ0n) is 20.1. The van der Waals surface area contributed by atoms with Crippen molar-refractivity contribution in [3.63, 3.8) is 0 Å². The van der Waals surface area contributed by atoms with E-state index in [2.05, 4.69) is 16.7 Å². The van der Waals surface area contributed by atoms with Gasteiger partial charge in [0.2, 0.25) is 0 Å². The molecule has 7 nitrogen and oxygen atoms in total. The monoisotopic (exact) mass is 466 g/mol. The number of nitriles is 1. The highest BCUT2D eigenvalue weighted by atomic mass is 16.6. The Labute approximate surface area is 203 Å². The molecule has 3 aliphatic rings. The van der Waals surface area contributed by atoms with Gasteiger partial charge in [0.15, 0.2) is 5.60 Å². The van der Waals surface area contributed by atoms with Crippen LogP contribution in [0.1, 0.15) is 69.8 Å². The molecule has 2 amide bonds. The average molecular weight is 467 g/mol. The number of nitrogens with one attached hydrogen (secondary N) is 2. The third kappa shape index (κ3) is 6.09. The Kier molecular flexibility index (Phi) is 8.44. The Morgan fingerprint density at radius 3 is 2.62 bits per heavy atom. The first-order chi connectivity index (χ1) is 16.6. The Morgan fingerprint density at radius 1 is 1.12 bits per heavy atom. The summed E-state index contributed by atoms with van der Waals surface area (Å²) in [7, 11) is 0. The van der Waals surface area contributed by atoms with Crippen molar-refractivity contribution >= 4 is 12.0 Å². The zero-order valence-corrected chi connectivity index (χ0v) is 20.1. The Morgan fingerprint density at radius 2 is 1.91 bits per heavy atom. The van der Waals surface area contributed by atoms with Gasteiger partial charge in [-0.2, -0.15) is 5.26 Å². The Balaban J connectivity index is 1.48. The van der Waals surface area contributed by atoms with E-state index in [4.69, 9.17) is 4.74 Å². The van der Waals surface area contributed by atoms with E-state index < -0.39 is 11.7 Å². The topological polar surface area (TPSA) is 94.5 Å². The van der Waals surface area contributed by atoms with Crippen LogP contribution < -0.4 is 10.6 Å². The molecule has 184 valence electrons. The van der Waals surface area contributed by atoms with Gasteiger partial charge >= 0.3 is 6.09 Å². The number of carbonyl (C=O) groups excluding carboxylic acids is 2. The smallest absolute Gasteiger partial charge is 0.408 e. The van der Waals surface area contributed by atoms with Crippen LogP contribution in [0.2, 0.25) is 0 Å². The SMILES string of the molecule is N#CC1CCCC(CN(C(=O)C2(OC(=O)NCc3ccccc3)CCCCC2)C2CCNC2)C1. The minimum absolute atomic E-state index is 0.0326. The van der Waals surface area contributed by atoms with Gasteiger partial charge in [-0.25, -0.2) is 4.79 Å². The van der Waals surface area contributed by atoms with Crippen molar-refractivity contribution in [3.8, 4) is 6.07 Å². The van der Waals surface area contributed by atoms with E-state index >= 15 is 0 Å². The van der Waals surface area contributed by atoms with Crippen LogP contribution in [-0.4, -0.2) is 48.2 Å². The Bertz CT molecular complexity index is 856. The number of amides is 2. The summed E-state index contributed by atoms with van der Waals surface area (Å²) in [6.07, 6.45) is 8.27. The molecule has 3 unspecified atom stereocenters. The largest absolute Gasteiger partial charge is 0.433 e. The first-order valence-corrected chi connectivity index (χ1v) is 13.0. The maximum atomic E-state index is 14.2. The summed E-state index contributed by atoms with van der Waals surface area (Å²) in [6, 6.07) is 12.3. The van der Waals surface area contributed by atoms with Gasteiger partial charge in [-0.3, -0.25) is 4.79 Å². The molecule has 0 aromatic heterocycles. The predicted octanol–water partition coefficient (Wildman–Crippen LogP) is 4.14. The lowest BCUT2D eigenvalue weighted by molar-refractivity contribution is -0.158. The number of hydrogen-bond acceptors (Lipinski definition) is 5. The number of alkyl carbamates (subject to hydrolysis) is 1. The number of hydrogen-bond donors (Lipinski definition) is 2. The van der Waals surface area contributed by atoms with E-state index in [9.17, 15) is 14.9 Å². The molecule has 3 fully saturated rings. The van der Waals surface area contributed by atoms with Gasteiger partial charge in [0, 0.05) is 31.6 Å². The van der Waals surface area contributed by atoms with Crippen LogP contribution in [0.15, 0.2) is 30.3 Å². The second-order valence-corrected chi connectivity index (χ2v) is 10.2. The normalized spacial score (nSPS) is 26.3. The molecular formula is C27H38N4O3. The number of benzene rings is 1. The standard InChI is InChI=1S/C27H38N4O3/c28-17-22-10-7-11-23(16-22)20-31(24-12-15-29-19-24)25(32)27(13-5-2-6-14-27)34-26(33)30-18-21-8-3-1-4-9-21/h1,3-4,8-9,22-24,29H,2,5-7,10-16,18-20H2,(H,30,33). The fraction of sp³-hybridized carbons (Fsp3) is 0.667. The van der Waals surface area contributed by atoms with Crippen molar-refractivity contribution in [3.05, 3.63) is 35.9 Å². The lowest BCUT2D eigenvalue weighted by atomic mass is 9.80. The van der Waals surface area contributed by atoms with Crippen molar-refractivity contribution in [1.29, 1.82) is 5.26 Å². The molecule has 1 aromatic carbocycles. The fourth-order valence-electron chi connectivity index (χ4n) is 5.88. The number of rotatable bonds is 7. The van der Waals surface area contributed by atoms with Crippen molar-refractivity contribution < 1.29 is 14.3 Å². The van der Waals surface area contributed by atoms with Crippen LogP contribution in [0.3, 0.4) is 0 Å². The van der Waals surface area contributed by atoms with Crippen LogP contribution >= 0.6 is 0 Å². The van der Waals surface area contributed by atoms with Gasteiger partial charge in [0.05, 0.1) is 6.07 Å². The number of nitrogens with zero attached hydrogens (tertiary/aromatic N) is 2. The van der Waals surface area contributed by atoms with Crippen molar-refractivity contribution in [2.24, 2.45) is 11.8 Å². The van der Waals surface area contributed by atoms with Gasteiger partial charge in [-0.1, -0.05) is 43.2 Å². The molecule has 2 saturated carbocycles. The highest BCUT2D eigenvalue weighted by molar-refractivity contribution is 5.88. The maximum absolute atomic E-state index is 14.2. The third-order valence-corrected chi connectivity index (χ3v) is 7.77. The van der Waals surface area contributed by atoms with Gasteiger partial charge in [0.25, 0.3) is 5.91 Å². The second-order valence-electron chi connectivity index (χ2n) is 10.2. The Hall–Kier alpha value is -2.59. The summed E-state index contributed by atoms with van der Waals surface area (Å²) >= 11 is 0. The predicted molar refractivity (Wildman–Crippen MR) is 130 cm³/mol. The van der Waals surface area contributed by atoms with E-state index in [0.29, 0.717) is 31.8 Å². The minimum Gasteiger partial charge on any atom is -0.433 e. The van der Waals surface area contributed by atoms with E-state index in [0.717, 1.165) is 70.0 Å². The molecule has 7 heteroatoms. The van der Waals surface area contributed by atoms with Gasteiger partial charge < -0.3 is 20.3 Å². The molecule has 1 heterocycles. The lowest BCUT2D eigenvalue weighted by Gasteiger charge is -2.42. The van der Waals surface area contributed by atoms with E-state index in [1.165, 1.54) is 0 Å². The van der Waals surface area contributed by atoms with Gasteiger partial charge in [-0.05, 0) is 69.4 Å². The van der Waals surface area contributed by atoms with Crippen molar-refractivity contribution in [2.75, 3.05) is 19.6 Å². The molecule has 4 rings (SSSR count). The highest BCUT2D eigenvalue weighted by Gasteiger charge is 2.48. The van der Waals surface area contributed by atoms with Crippen LogP contribution in [0.4, 0.5) is 4.79 Å². The van der Waals surface area contributed by atoms with E-state index in [-0.39, 0.29) is 17.9 Å².